The third-order valence-electron chi connectivity index (χ3n) is 2.20. The molecule has 8 heteroatoms. The third-order valence-corrected chi connectivity index (χ3v) is 2.20. The summed E-state index contributed by atoms with van der Waals surface area (Å²) in [6, 6.07) is -2.45. The minimum Gasteiger partial charge on any atom is -0.481 e. The molecule has 0 aromatic rings. The number of hydrogen-bond acceptors (Lipinski definition) is 4. The maximum atomic E-state index is 11.7. The highest BCUT2D eigenvalue weighted by Crippen LogP contribution is 2.01. The minimum absolute atomic E-state index is 0.0446. The van der Waals surface area contributed by atoms with E-state index in [1.165, 1.54) is 4.90 Å². The second-order valence-electron chi connectivity index (χ2n) is 3.95. The lowest BCUT2D eigenvalue weighted by Crippen LogP contribution is -2.51. The number of nitrogens with zero attached hydrogens (tertiary/aromatic N) is 1. The molecular formula is C10H18N2O6. The van der Waals surface area contributed by atoms with Gasteiger partial charge < -0.3 is 25.5 Å². The molecule has 0 saturated heterocycles. The molecule has 8 nitrogen and oxygen atoms in total. The van der Waals surface area contributed by atoms with E-state index < -0.39 is 30.4 Å². The van der Waals surface area contributed by atoms with Crippen LogP contribution in [0.3, 0.4) is 0 Å². The van der Waals surface area contributed by atoms with Gasteiger partial charge in [-0.25, -0.2) is 9.59 Å². The highest BCUT2D eigenvalue weighted by atomic mass is 16.4. The molecule has 0 heterocycles. The van der Waals surface area contributed by atoms with Crippen LogP contribution in [-0.4, -0.2) is 63.4 Å². The van der Waals surface area contributed by atoms with E-state index in [0.29, 0.717) is 0 Å². The van der Waals surface area contributed by atoms with E-state index >= 15 is 0 Å². The molecule has 0 aromatic carbocycles. The molecule has 0 bridgehead atoms. The smallest absolute Gasteiger partial charge is 0.326 e. The van der Waals surface area contributed by atoms with Gasteiger partial charge >= 0.3 is 18.0 Å². The number of aliphatic hydroxyl groups is 1. The average Bonchev–Trinajstić information content (AvgIpc) is 2.23. The van der Waals surface area contributed by atoms with Gasteiger partial charge in [0.1, 0.15) is 6.04 Å². The number of nitrogens with one attached hydrogen (secondary N) is 1. The molecule has 2 amide bonds. The van der Waals surface area contributed by atoms with E-state index in [1.807, 2.05) is 0 Å². The third kappa shape index (κ3) is 5.48. The molecule has 0 radical (unpaired) electrons. The fraction of sp³-hybridized carbons (Fsp3) is 0.700. The van der Waals surface area contributed by atoms with Crippen LogP contribution in [0.25, 0.3) is 0 Å². The standard InChI is InChI=1S/C10H18N2O6/c1-6(2)12(3-4-13)10(18)11-7(9(16)17)5-8(14)15/h6-7,13H,3-5H2,1-2H3,(H,11,18)(H,14,15)(H,16,17). The molecule has 4 N–H and O–H groups in total. The van der Waals surface area contributed by atoms with Crippen LogP contribution in [0.2, 0.25) is 0 Å². The van der Waals surface area contributed by atoms with Gasteiger partial charge in [0.25, 0.3) is 0 Å². The SMILES string of the molecule is CC(C)N(CCO)C(=O)NC(CC(=O)O)C(=O)O. The van der Waals surface area contributed by atoms with Gasteiger partial charge in [-0.2, -0.15) is 0 Å². The molecule has 1 unspecified atom stereocenters. The summed E-state index contributed by atoms with van der Waals surface area (Å²) in [5, 5.41) is 28.2. The molecule has 0 aliphatic rings. The molecule has 0 fully saturated rings. The molecular weight excluding hydrogens is 244 g/mol. The van der Waals surface area contributed by atoms with Crippen molar-refractivity contribution in [3.8, 4) is 0 Å². The summed E-state index contributed by atoms with van der Waals surface area (Å²) in [4.78, 5) is 34.2. The second-order valence-corrected chi connectivity index (χ2v) is 3.95. The minimum atomic E-state index is -1.49. The van der Waals surface area contributed by atoms with Crippen LogP contribution in [0, 0.1) is 0 Å². The molecule has 18 heavy (non-hydrogen) atoms. The zero-order valence-electron chi connectivity index (χ0n) is 10.3. The average molecular weight is 262 g/mol. The molecule has 0 aliphatic carbocycles. The van der Waals surface area contributed by atoms with Crippen LogP contribution in [0.1, 0.15) is 20.3 Å². The van der Waals surface area contributed by atoms with Gasteiger partial charge in [-0.3, -0.25) is 4.79 Å². The Balaban J connectivity index is 4.65. The van der Waals surface area contributed by atoms with Crippen LogP contribution < -0.4 is 5.32 Å². The fourth-order valence-electron chi connectivity index (χ4n) is 1.31. The first kappa shape index (κ1) is 16.2. The van der Waals surface area contributed by atoms with Gasteiger partial charge in [0.2, 0.25) is 0 Å². The van der Waals surface area contributed by atoms with E-state index in [-0.39, 0.29) is 19.2 Å². The number of rotatable bonds is 7. The van der Waals surface area contributed by atoms with Crippen molar-refractivity contribution in [2.45, 2.75) is 32.4 Å². The first-order valence-electron chi connectivity index (χ1n) is 5.42. The Kier molecular flexibility index (Phi) is 6.73. The predicted molar refractivity (Wildman–Crippen MR) is 61.1 cm³/mol. The molecule has 0 spiro atoms. The summed E-state index contributed by atoms with van der Waals surface area (Å²) in [6.45, 7) is 3.18. The lowest BCUT2D eigenvalue weighted by molar-refractivity contribution is -0.145. The van der Waals surface area contributed by atoms with Crippen LogP contribution in [0.5, 0.6) is 0 Å². The maximum absolute atomic E-state index is 11.7. The first-order chi connectivity index (χ1) is 8.29. The zero-order valence-corrected chi connectivity index (χ0v) is 10.3. The number of carboxylic acids is 2. The van der Waals surface area contributed by atoms with E-state index in [0.717, 1.165) is 0 Å². The number of amides is 2. The van der Waals surface area contributed by atoms with Crippen molar-refractivity contribution in [1.29, 1.82) is 0 Å². The largest absolute Gasteiger partial charge is 0.481 e. The van der Waals surface area contributed by atoms with E-state index in [4.69, 9.17) is 15.3 Å². The number of hydrogen-bond donors (Lipinski definition) is 4. The Morgan fingerprint density at radius 1 is 1.22 bits per heavy atom. The summed E-state index contributed by atoms with van der Waals surface area (Å²) in [5.74, 6) is -2.74. The summed E-state index contributed by atoms with van der Waals surface area (Å²) < 4.78 is 0. The van der Waals surface area contributed by atoms with Crippen molar-refractivity contribution < 1.29 is 29.7 Å². The highest BCUT2D eigenvalue weighted by molar-refractivity contribution is 5.86. The summed E-state index contributed by atoms with van der Waals surface area (Å²) in [5.41, 5.74) is 0. The Hall–Kier alpha value is -1.83. The number of carbonyl (C=O) groups is 3. The molecule has 0 aromatic heterocycles. The Morgan fingerprint density at radius 3 is 2.11 bits per heavy atom. The van der Waals surface area contributed by atoms with Gasteiger partial charge in [0.15, 0.2) is 0 Å². The highest BCUT2D eigenvalue weighted by Gasteiger charge is 2.26. The summed E-state index contributed by atoms with van der Waals surface area (Å²) >= 11 is 0. The van der Waals surface area contributed by atoms with Crippen molar-refractivity contribution in [1.82, 2.24) is 10.2 Å². The monoisotopic (exact) mass is 262 g/mol. The second kappa shape index (κ2) is 7.49. The fourth-order valence-corrected chi connectivity index (χ4v) is 1.31. The molecule has 0 saturated carbocycles. The van der Waals surface area contributed by atoms with E-state index in [2.05, 4.69) is 5.32 Å². The summed E-state index contributed by atoms with van der Waals surface area (Å²) in [7, 11) is 0. The Morgan fingerprint density at radius 2 is 1.78 bits per heavy atom. The number of urea groups is 1. The van der Waals surface area contributed by atoms with Gasteiger partial charge in [0.05, 0.1) is 13.0 Å². The van der Waals surface area contributed by atoms with Crippen LogP contribution in [-0.2, 0) is 9.59 Å². The van der Waals surface area contributed by atoms with Gasteiger partial charge in [0, 0.05) is 12.6 Å². The molecule has 0 aliphatic heterocycles. The topological polar surface area (TPSA) is 127 Å². The van der Waals surface area contributed by atoms with Crippen LogP contribution in [0.4, 0.5) is 4.79 Å². The van der Waals surface area contributed by atoms with Crippen molar-refractivity contribution in [2.24, 2.45) is 0 Å². The van der Waals surface area contributed by atoms with E-state index in [1.54, 1.807) is 13.8 Å². The zero-order chi connectivity index (χ0) is 14.3. The van der Waals surface area contributed by atoms with Crippen molar-refractivity contribution in [3.63, 3.8) is 0 Å². The first-order valence-corrected chi connectivity index (χ1v) is 5.42. The lowest BCUT2D eigenvalue weighted by Gasteiger charge is -2.27. The van der Waals surface area contributed by atoms with Crippen molar-refractivity contribution in [3.05, 3.63) is 0 Å². The Labute approximate surface area is 104 Å². The predicted octanol–water partition coefficient (Wildman–Crippen LogP) is -0.673. The van der Waals surface area contributed by atoms with Crippen LogP contribution >= 0.6 is 0 Å². The quantitative estimate of drug-likeness (QED) is 0.481. The van der Waals surface area contributed by atoms with E-state index in [9.17, 15) is 14.4 Å². The van der Waals surface area contributed by atoms with Crippen molar-refractivity contribution in [2.75, 3.05) is 13.2 Å². The van der Waals surface area contributed by atoms with Gasteiger partial charge in [-0.05, 0) is 13.8 Å². The van der Waals surface area contributed by atoms with Crippen LogP contribution in [0.15, 0.2) is 0 Å². The Bertz CT molecular complexity index is 317. The maximum Gasteiger partial charge on any atom is 0.326 e. The molecule has 104 valence electrons. The van der Waals surface area contributed by atoms with Gasteiger partial charge in [-0.15, -0.1) is 0 Å². The number of aliphatic hydroxyl groups excluding tert-OH is 1. The van der Waals surface area contributed by atoms with Gasteiger partial charge in [-0.1, -0.05) is 0 Å². The number of carbonyl (C=O) groups excluding carboxylic acids is 1. The normalized spacial score (nSPS) is 12.0. The summed E-state index contributed by atoms with van der Waals surface area (Å²) in [6.07, 6.45) is -0.702. The lowest BCUT2D eigenvalue weighted by atomic mass is 10.2. The number of carboxylic acid groups (broad SMARTS) is 2. The molecule has 0 rings (SSSR count). The molecule has 1 atom stereocenters. The number of aliphatic carboxylic acids is 2. The van der Waals surface area contributed by atoms with Crippen molar-refractivity contribution >= 4 is 18.0 Å².